The maximum atomic E-state index is 10.9. The monoisotopic (exact) mass is 267 g/mol. The van der Waals surface area contributed by atoms with Gasteiger partial charge in [-0.2, -0.15) is 0 Å². The number of hydrogen-bond donors (Lipinski definition) is 3. The summed E-state index contributed by atoms with van der Waals surface area (Å²) in [6, 6.07) is 4.75. The van der Waals surface area contributed by atoms with Crippen LogP contribution in [0.2, 0.25) is 0 Å². The standard InChI is InChI=1S/C13H21N3O3/c1-4-13(5-2,9-17)15-11-6-10(14-3)7-12(8-11)16(18)19/h6-8,14-15,17H,4-5,9H2,1-3H3. The van der Waals surface area contributed by atoms with Crippen molar-refractivity contribution in [3.05, 3.63) is 28.3 Å². The van der Waals surface area contributed by atoms with Gasteiger partial charge < -0.3 is 15.7 Å². The molecule has 0 heterocycles. The number of non-ortho nitro benzene ring substituents is 1. The molecule has 0 amide bonds. The molecule has 3 N–H and O–H groups in total. The number of hydrogen-bond acceptors (Lipinski definition) is 5. The molecule has 0 aromatic heterocycles. The minimum absolute atomic E-state index is 0.0163. The third-order valence-electron chi connectivity index (χ3n) is 3.48. The summed E-state index contributed by atoms with van der Waals surface area (Å²) in [6.07, 6.45) is 1.47. The van der Waals surface area contributed by atoms with Crippen molar-refractivity contribution in [1.82, 2.24) is 0 Å². The molecule has 6 nitrogen and oxygen atoms in total. The lowest BCUT2D eigenvalue weighted by Crippen LogP contribution is -2.40. The van der Waals surface area contributed by atoms with Crippen LogP contribution in [0.4, 0.5) is 17.1 Å². The SMILES string of the molecule is CCC(CC)(CO)Nc1cc(NC)cc([N+](=O)[O-])c1. The number of nitrogens with one attached hydrogen (secondary N) is 2. The van der Waals surface area contributed by atoms with E-state index in [-0.39, 0.29) is 12.3 Å². The van der Waals surface area contributed by atoms with E-state index < -0.39 is 10.5 Å². The molecule has 0 bridgehead atoms. The minimum atomic E-state index is -0.444. The van der Waals surface area contributed by atoms with Gasteiger partial charge in [-0.1, -0.05) is 13.8 Å². The molecule has 0 unspecified atom stereocenters. The van der Waals surface area contributed by atoms with Crippen molar-refractivity contribution in [2.24, 2.45) is 0 Å². The predicted octanol–water partition coefficient (Wildman–Crippen LogP) is 2.60. The average Bonchev–Trinajstić information content (AvgIpc) is 2.44. The molecule has 0 aliphatic rings. The van der Waals surface area contributed by atoms with Crippen molar-refractivity contribution in [1.29, 1.82) is 0 Å². The Morgan fingerprint density at radius 3 is 2.26 bits per heavy atom. The van der Waals surface area contributed by atoms with Crippen LogP contribution in [0, 0.1) is 10.1 Å². The quantitative estimate of drug-likeness (QED) is 0.522. The van der Waals surface area contributed by atoms with E-state index in [0.29, 0.717) is 11.4 Å². The number of aliphatic hydroxyl groups excluding tert-OH is 1. The number of aliphatic hydroxyl groups is 1. The lowest BCUT2D eigenvalue weighted by molar-refractivity contribution is -0.384. The molecule has 0 radical (unpaired) electrons. The summed E-state index contributed by atoms with van der Waals surface area (Å²) >= 11 is 0. The summed E-state index contributed by atoms with van der Waals surface area (Å²) < 4.78 is 0. The second kappa shape index (κ2) is 6.38. The van der Waals surface area contributed by atoms with Gasteiger partial charge in [-0.25, -0.2) is 0 Å². The van der Waals surface area contributed by atoms with Crippen LogP contribution in [-0.4, -0.2) is 29.2 Å². The topological polar surface area (TPSA) is 87.4 Å². The van der Waals surface area contributed by atoms with E-state index in [1.807, 2.05) is 13.8 Å². The van der Waals surface area contributed by atoms with Crippen LogP contribution >= 0.6 is 0 Å². The Bertz CT molecular complexity index is 436. The van der Waals surface area contributed by atoms with Crippen molar-refractivity contribution in [3.8, 4) is 0 Å². The number of benzene rings is 1. The Balaban J connectivity index is 3.12. The van der Waals surface area contributed by atoms with Crippen molar-refractivity contribution < 1.29 is 10.0 Å². The van der Waals surface area contributed by atoms with Gasteiger partial charge in [0.25, 0.3) is 5.69 Å². The van der Waals surface area contributed by atoms with Crippen LogP contribution in [0.15, 0.2) is 18.2 Å². The lowest BCUT2D eigenvalue weighted by atomic mass is 9.93. The zero-order valence-electron chi connectivity index (χ0n) is 11.6. The van der Waals surface area contributed by atoms with Gasteiger partial charge in [-0.05, 0) is 18.9 Å². The van der Waals surface area contributed by atoms with Gasteiger partial charge in [0, 0.05) is 30.6 Å². The predicted molar refractivity (Wildman–Crippen MR) is 76.7 cm³/mol. The highest BCUT2D eigenvalue weighted by Gasteiger charge is 2.25. The molecule has 0 spiro atoms. The summed E-state index contributed by atoms with van der Waals surface area (Å²) in [5, 5.41) is 26.5. The molecular formula is C13H21N3O3. The molecule has 0 aliphatic carbocycles. The lowest BCUT2D eigenvalue weighted by Gasteiger charge is -2.32. The van der Waals surface area contributed by atoms with E-state index in [0.717, 1.165) is 12.8 Å². The molecule has 0 atom stereocenters. The summed E-state index contributed by atoms with van der Waals surface area (Å²) in [5.41, 5.74) is 0.876. The first-order chi connectivity index (χ1) is 9.00. The van der Waals surface area contributed by atoms with Crippen molar-refractivity contribution in [2.45, 2.75) is 32.2 Å². The van der Waals surface area contributed by atoms with E-state index >= 15 is 0 Å². The largest absolute Gasteiger partial charge is 0.394 e. The third-order valence-corrected chi connectivity index (χ3v) is 3.48. The molecule has 0 aliphatic heterocycles. The van der Waals surface area contributed by atoms with E-state index in [1.165, 1.54) is 12.1 Å². The fourth-order valence-electron chi connectivity index (χ4n) is 1.93. The maximum Gasteiger partial charge on any atom is 0.273 e. The van der Waals surface area contributed by atoms with Gasteiger partial charge in [-0.15, -0.1) is 0 Å². The molecule has 1 aromatic carbocycles. The number of nitro groups is 1. The van der Waals surface area contributed by atoms with Crippen LogP contribution in [0.5, 0.6) is 0 Å². The number of nitro benzene ring substituents is 1. The van der Waals surface area contributed by atoms with E-state index in [4.69, 9.17) is 0 Å². The Hall–Kier alpha value is -1.82. The second-order valence-electron chi connectivity index (χ2n) is 4.55. The van der Waals surface area contributed by atoms with Crippen molar-refractivity contribution in [2.75, 3.05) is 24.3 Å². The minimum Gasteiger partial charge on any atom is -0.394 e. The number of nitrogens with zero attached hydrogens (tertiary/aromatic N) is 1. The normalized spacial score (nSPS) is 11.2. The van der Waals surface area contributed by atoms with Crippen LogP contribution in [0.25, 0.3) is 0 Å². The second-order valence-corrected chi connectivity index (χ2v) is 4.55. The third kappa shape index (κ3) is 3.57. The molecule has 0 saturated heterocycles. The molecule has 19 heavy (non-hydrogen) atoms. The van der Waals surface area contributed by atoms with Crippen LogP contribution in [0.3, 0.4) is 0 Å². The van der Waals surface area contributed by atoms with E-state index in [1.54, 1.807) is 13.1 Å². The molecule has 106 valence electrons. The Morgan fingerprint density at radius 2 is 1.84 bits per heavy atom. The Morgan fingerprint density at radius 1 is 1.26 bits per heavy atom. The molecular weight excluding hydrogens is 246 g/mol. The zero-order chi connectivity index (χ0) is 14.5. The highest BCUT2D eigenvalue weighted by Crippen LogP contribution is 2.28. The number of anilines is 2. The van der Waals surface area contributed by atoms with Gasteiger partial charge in [0.15, 0.2) is 0 Å². The van der Waals surface area contributed by atoms with Crippen molar-refractivity contribution >= 4 is 17.1 Å². The molecule has 1 aromatic rings. The molecule has 1 rings (SSSR count). The van der Waals surface area contributed by atoms with Crippen LogP contribution < -0.4 is 10.6 Å². The Labute approximate surface area is 113 Å². The van der Waals surface area contributed by atoms with Gasteiger partial charge in [0.1, 0.15) is 0 Å². The fourth-order valence-corrected chi connectivity index (χ4v) is 1.93. The first-order valence-corrected chi connectivity index (χ1v) is 6.36. The average molecular weight is 267 g/mol. The first-order valence-electron chi connectivity index (χ1n) is 6.36. The van der Waals surface area contributed by atoms with Gasteiger partial charge in [0.2, 0.25) is 0 Å². The summed E-state index contributed by atoms with van der Waals surface area (Å²) in [4.78, 5) is 10.5. The highest BCUT2D eigenvalue weighted by molar-refractivity contribution is 5.64. The van der Waals surface area contributed by atoms with Crippen LogP contribution in [-0.2, 0) is 0 Å². The van der Waals surface area contributed by atoms with Crippen molar-refractivity contribution in [3.63, 3.8) is 0 Å². The molecule has 0 saturated carbocycles. The summed E-state index contributed by atoms with van der Waals surface area (Å²) in [5.74, 6) is 0. The fraction of sp³-hybridized carbons (Fsp3) is 0.538. The summed E-state index contributed by atoms with van der Waals surface area (Å²) in [7, 11) is 1.71. The molecule has 6 heteroatoms. The van der Waals surface area contributed by atoms with Gasteiger partial charge in [-0.3, -0.25) is 10.1 Å². The smallest absolute Gasteiger partial charge is 0.273 e. The van der Waals surface area contributed by atoms with Crippen LogP contribution in [0.1, 0.15) is 26.7 Å². The van der Waals surface area contributed by atoms with E-state index in [2.05, 4.69) is 10.6 Å². The Kier molecular flexibility index (Phi) is 5.11. The van der Waals surface area contributed by atoms with Gasteiger partial charge in [0.05, 0.1) is 17.1 Å². The maximum absolute atomic E-state index is 10.9. The molecule has 0 fully saturated rings. The first kappa shape index (κ1) is 15.2. The van der Waals surface area contributed by atoms with E-state index in [9.17, 15) is 15.2 Å². The van der Waals surface area contributed by atoms with Gasteiger partial charge >= 0.3 is 0 Å². The number of rotatable bonds is 7. The zero-order valence-corrected chi connectivity index (χ0v) is 11.6. The summed E-state index contributed by atoms with van der Waals surface area (Å²) in [6.45, 7) is 3.93. The highest BCUT2D eigenvalue weighted by atomic mass is 16.6.